The van der Waals surface area contributed by atoms with Gasteiger partial charge in [0, 0.05) is 25.0 Å². The second-order valence-corrected chi connectivity index (χ2v) is 9.98. The summed E-state index contributed by atoms with van der Waals surface area (Å²) in [6.45, 7) is 0.0222. The summed E-state index contributed by atoms with van der Waals surface area (Å²) in [4.78, 5) is 24.9. The van der Waals surface area contributed by atoms with Gasteiger partial charge in [0.1, 0.15) is 5.75 Å². The lowest BCUT2D eigenvalue weighted by Crippen LogP contribution is -2.54. The molecule has 0 spiro atoms. The first-order chi connectivity index (χ1) is 18.0. The molecule has 0 unspecified atom stereocenters. The highest BCUT2D eigenvalue weighted by molar-refractivity contribution is 7.93. The van der Waals surface area contributed by atoms with Crippen LogP contribution in [0.25, 0.3) is 11.3 Å². The van der Waals surface area contributed by atoms with Crippen molar-refractivity contribution in [2.45, 2.75) is 41.2 Å². The predicted molar refractivity (Wildman–Crippen MR) is 115 cm³/mol. The fourth-order valence-corrected chi connectivity index (χ4v) is 5.14. The minimum Gasteiger partial charge on any atom is -0.475 e. The number of ether oxygens (including phenoxy) is 2. The van der Waals surface area contributed by atoms with Crippen molar-refractivity contribution in [3.63, 3.8) is 0 Å². The zero-order valence-electron chi connectivity index (χ0n) is 19.3. The molecule has 0 atom stereocenters. The van der Waals surface area contributed by atoms with E-state index in [-0.39, 0.29) is 36.6 Å². The van der Waals surface area contributed by atoms with Gasteiger partial charge in [-0.2, -0.15) is 30.7 Å². The van der Waals surface area contributed by atoms with Crippen LogP contribution in [0.2, 0.25) is 0 Å². The monoisotopic (exact) mass is 592 g/mol. The average molecular weight is 592 g/mol. The largest absolute Gasteiger partial charge is 0.490 e. The summed E-state index contributed by atoms with van der Waals surface area (Å²) in [6, 6.07) is 7.20. The van der Waals surface area contributed by atoms with Gasteiger partial charge in [-0.15, -0.1) is 0 Å². The Morgan fingerprint density at radius 1 is 1.03 bits per heavy atom. The van der Waals surface area contributed by atoms with E-state index in [1.165, 1.54) is 29.7 Å². The molecule has 3 N–H and O–H groups in total. The first kappa shape index (κ1) is 31.7. The average Bonchev–Trinajstić information content (AvgIpc) is 2.88. The number of hydrogen-bond donors (Lipinski definition) is 3. The maximum atomic E-state index is 13.2. The Balaban J connectivity index is 0.000000673. The quantitative estimate of drug-likeness (QED) is 0.249. The van der Waals surface area contributed by atoms with E-state index in [0.717, 1.165) is 18.3 Å². The number of carboxylic acids is 1. The van der Waals surface area contributed by atoms with Crippen LogP contribution in [0.1, 0.15) is 12.8 Å². The molecule has 1 fully saturated rings. The highest BCUT2D eigenvalue weighted by Crippen LogP contribution is 2.36. The third-order valence-electron chi connectivity index (χ3n) is 5.28. The van der Waals surface area contributed by atoms with Crippen LogP contribution < -0.4 is 10.2 Å². The van der Waals surface area contributed by atoms with E-state index in [2.05, 4.69) is 9.72 Å². The molecule has 18 heteroatoms. The fourth-order valence-electron chi connectivity index (χ4n) is 3.25. The number of pyridine rings is 1. The molecule has 1 aromatic heterocycles. The van der Waals surface area contributed by atoms with Gasteiger partial charge in [-0.05, 0) is 49.2 Å². The topological polar surface area (TPSA) is 152 Å². The van der Waals surface area contributed by atoms with Crippen molar-refractivity contribution in [2.75, 3.05) is 13.2 Å². The van der Waals surface area contributed by atoms with Crippen LogP contribution in [0.15, 0.2) is 47.5 Å². The number of nitrogens with one attached hydrogen (secondary N) is 1. The smallest absolute Gasteiger partial charge is 0.475 e. The van der Waals surface area contributed by atoms with Gasteiger partial charge < -0.3 is 14.6 Å². The van der Waals surface area contributed by atoms with Gasteiger partial charge in [-0.1, -0.05) is 0 Å². The summed E-state index contributed by atoms with van der Waals surface area (Å²) < 4.78 is 116. The SMILES string of the molecule is O=C(NO)C1(S(=O)(=O)c2ccc(-c3ccc(OC(F)(F)C(F)F)cc3)nc2)CCOCC1.O=C(O)C(F)(F)F. The van der Waals surface area contributed by atoms with Gasteiger partial charge in [0.25, 0.3) is 5.91 Å². The van der Waals surface area contributed by atoms with Gasteiger partial charge in [-0.25, -0.2) is 18.7 Å². The Bertz CT molecular complexity index is 1250. The molecule has 3 rings (SSSR count). The van der Waals surface area contributed by atoms with Crippen molar-refractivity contribution in [2.24, 2.45) is 0 Å². The second-order valence-electron chi connectivity index (χ2n) is 7.72. The first-order valence-corrected chi connectivity index (χ1v) is 11.9. The van der Waals surface area contributed by atoms with Gasteiger partial charge >= 0.3 is 24.7 Å². The number of hydrogen-bond acceptors (Lipinski definition) is 8. The van der Waals surface area contributed by atoms with Crippen LogP contribution >= 0.6 is 0 Å². The van der Waals surface area contributed by atoms with E-state index < -0.39 is 50.9 Å². The molecular formula is C21H19F7N2O8S. The Kier molecular flexibility index (Phi) is 9.86. The van der Waals surface area contributed by atoms with Gasteiger partial charge in [-0.3, -0.25) is 15.0 Å². The first-order valence-electron chi connectivity index (χ1n) is 10.5. The number of sulfone groups is 1. The molecule has 0 aliphatic carbocycles. The van der Waals surface area contributed by atoms with E-state index in [1.807, 2.05) is 0 Å². The maximum Gasteiger partial charge on any atom is 0.490 e. The predicted octanol–water partition coefficient (Wildman–Crippen LogP) is 3.45. The molecule has 1 aromatic carbocycles. The van der Waals surface area contributed by atoms with Crippen molar-refractivity contribution < 1.29 is 68.5 Å². The molecule has 2 heterocycles. The molecular weight excluding hydrogens is 573 g/mol. The van der Waals surface area contributed by atoms with Crippen LogP contribution in [-0.2, 0) is 24.2 Å². The molecule has 216 valence electrons. The third kappa shape index (κ3) is 7.33. The van der Waals surface area contributed by atoms with Crippen LogP contribution in [0, 0.1) is 0 Å². The molecule has 1 aliphatic heterocycles. The lowest BCUT2D eigenvalue weighted by molar-refractivity contribution is -0.253. The molecule has 1 aliphatic rings. The maximum absolute atomic E-state index is 13.2. The number of rotatable bonds is 7. The highest BCUT2D eigenvalue weighted by Gasteiger charge is 2.52. The van der Waals surface area contributed by atoms with E-state index in [0.29, 0.717) is 5.56 Å². The van der Waals surface area contributed by atoms with E-state index in [9.17, 15) is 43.9 Å². The molecule has 1 amide bonds. The van der Waals surface area contributed by atoms with E-state index >= 15 is 0 Å². The lowest BCUT2D eigenvalue weighted by atomic mass is 9.98. The number of nitrogens with zero attached hydrogens (tertiary/aromatic N) is 1. The van der Waals surface area contributed by atoms with E-state index in [4.69, 9.17) is 19.8 Å². The molecule has 10 nitrogen and oxygen atoms in total. The number of carbonyl (C=O) groups is 2. The number of amides is 1. The molecule has 0 bridgehead atoms. The lowest BCUT2D eigenvalue weighted by Gasteiger charge is -2.34. The standard InChI is InChI=1S/C19H18F4N2O6S.C2HF3O2/c20-16(21)19(22,23)31-13-3-1-12(2-4-13)15-6-5-14(11-24-15)32(28,29)18(17(26)25-27)7-9-30-10-8-18;3-2(4,5)1(6)7/h1-6,11,16,27H,7-10H2,(H,25,26);(H,6,7). The number of carbonyl (C=O) groups excluding carboxylic acids is 1. The van der Waals surface area contributed by atoms with Crippen LogP contribution in [0.4, 0.5) is 30.7 Å². The minimum atomic E-state index is -5.08. The Labute approximate surface area is 215 Å². The van der Waals surface area contributed by atoms with Crippen molar-refractivity contribution in [3.8, 4) is 17.0 Å². The fraction of sp³-hybridized carbons (Fsp3) is 0.381. The summed E-state index contributed by atoms with van der Waals surface area (Å²) in [5.74, 6) is -4.32. The Morgan fingerprint density at radius 3 is 1.97 bits per heavy atom. The third-order valence-corrected chi connectivity index (χ3v) is 7.76. The van der Waals surface area contributed by atoms with Crippen molar-refractivity contribution >= 4 is 21.7 Å². The zero-order chi connectivity index (χ0) is 29.6. The van der Waals surface area contributed by atoms with Crippen LogP contribution in [0.3, 0.4) is 0 Å². The molecule has 39 heavy (non-hydrogen) atoms. The van der Waals surface area contributed by atoms with Gasteiger partial charge in [0.15, 0.2) is 14.6 Å². The van der Waals surface area contributed by atoms with Crippen LogP contribution in [0.5, 0.6) is 5.75 Å². The highest BCUT2D eigenvalue weighted by atomic mass is 32.2. The van der Waals surface area contributed by atoms with Gasteiger partial charge in [0.2, 0.25) is 0 Å². The summed E-state index contributed by atoms with van der Waals surface area (Å²) in [5.41, 5.74) is 2.04. The Morgan fingerprint density at radius 2 is 1.56 bits per heavy atom. The van der Waals surface area contributed by atoms with Gasteiger partial charge in [0.05, 0.1) is 10.6 Å². The molecule has 0 saturated carbocycles. The molecule has 1 saturated heterocycles. The normalized spacial score (nSPS) is 15.6. The summed E-state index contributed by atoms with van der Waals surface area (Å²) >= 11 is 0. The number of alkyl halides is 7. The summed E-state index contributed by atoms with van der Waals surface area (Å²) in [6.07, 6.45) is -13.0. The number of halogens is 7. The number of hydroxylamine groups is 1. The number of aromatic nitrogens is 1. The van der Waals surface area contributed by atoms with Crippen molar-refractivity contribution in [1.29, 1.82) is 0 Å². The number of benzene rings is 1. The Hall–Kier alpha value is -3.51. The summed E-state index contributed by atoms with van der Waals surface area (Å²) in [5, 5.41) is 16.2. The minimum absolute atomic E-state index is 0.0111. The summed E-state index contributed by atoms with van der Waals surface area (Å²) in [7, 11) is -4.26. The molecule has 2 aromatic rings. The van der Waals surface area contributed by atoms with Crippen LogP contribution in [-0.4, -0.2) is 72.3 Å². The zero-order valence-corrected chi connectivity index (χ0v) is 20.1. The number of aliphatic carboxylic acids is 1. The number of carboxylic acid groups (broad SMARTS) is 1. The second kappa shape index (κ2) is 12.1. The van der Waals surface area contributed by atoms with Crippen molar-refractivity contribution in [1.82, 2.24) is 10.5 Å². The van der Waals surface area contributed by atoms with E-state index in [1.54, 1.807) is 0 Å². The van der Waals surface area contributed by atoms with Crippen molar-refractivity contribution in [3.05, 3.63) is 42.6 Å². The molecule has 0 radical (unpaired) electrons.